The van der Waals surface area contributed by atoms with Crippen molar-refractivity contribution >= 4 is 23.4 Å². The molecule has 1 aromatic heterocycles. The highest BCUT2D eigenvalue weighted by Gasteiger charge is 2.15. The van der Waals surface area contributed by atoms with Gasteiger partial charge in [-0.1, -0.05) is 36.0 Å². The molecule has 1 heterocycles. The summed E-state index contributed by atoms with van der Waals surface area (Å²) < 4.78 is 13.2. The number of allylic oxidation sites excluding steroid dienone is 1. The Balaban J connectivity index is 1.66. The standard InChI is InChI=1S/C24H28N4O3S/c1-6-12-28-22(14-31-20-9-7-8-17(3)18(20)4)26-27-24(28)32-15-23(29)25-19-13-16(2)10-11-21(19)30-5/h6-11,13H,1,12,14-15H2,2-5H3,(H,25,29). The van der Waals surface area contributed by atoms with Crippen LogP contribution in [0.2, 0.25) is 0 Å². The van der Waals surface area contributed by atoms with Crippen LogP contribution < -0.4 is 14.8 Å². The molecule has 1 N–H and O–H groups in total. The van der Waals surface area contributed by atoms with Crippen molar-refractivity contribution in [1.29, 1.82) is 0 Å². The third-order valence-corrected chi connectivity index (χ3v) is 5.95. The van der Waals surface area contributed by atoms with Gasteiger partial charge < -0.3 is 14.8 Å². The van der Waals surface area contributed by atoms with Gasteiger partial charge in [0.05, 0.1) is 18.6 Å². The Morgan fingerprint density at radius 1 is 1.19 bits per heavy atom. The largest absolute Gasteiger partial charge is 0.495 e. The Morgan fingerprint density at radius 2 is 2.00 bits per heavy atom. The first-order valence-electron chi connectivity index (χ1n) is 10.2. The lowest BCUT2D eigenvalue weighted by molar-refractivity contribution is -0.113. The van der Waals surface area contributed by atoms with Gasteiger partial charge in [0, 0.05) is 6.54 Å². The molecule has 3 aromatic rings. The molecule has 168 valence electrons. The number of aryl methyl sites for hydroxylation is 2. The van der Waals surface area contributed by atoms with Crippen LogP contribution in [0, 0.1) is 20.8 Å². The second-order valence-electron chi connectivity index (χ2n) is 7.33. The van der Waals surface area contributed by atoms with Crippen molar-refractivity contribution in [3.63, 3.8) is 0 Å². The van der Waals surface area contributed by atoms with E-state index in [0.717, 1.165) is 16.9 Å². The number of carbonyl (C=O) groups is 1. The van der Waals surface area contributed by atoms with E-state index in [1.54, 1.807) is 13.2 Å². The SMILES string of the molecule is C=CCn1c(COc2cccc(C)c2C)nnc1SCC(=O)Nc1cc(C)ccc1OC. The number of ether oxygens (including phenoxy) is 2. The zero-order chi connectivity index (χ0) is 23.1. The van der Waals surface area contributed by atoms with Crippen LogP contribution in [0.3, 0.4) is 0 Å². The second kappa shape index (κ2) is 10.9. The summed E-state index contributed by atoms with van der Waals surface area (Å²) in [6, 6.07) is 11.6. The van der Waals surface area contributed by atoms with Crippen LogP contribution in [0.15, 0.2) is 54.2 Å². The number of thioether (sulfide) groups is 1. The molecule has 2 aromatic carbocycles. The monoisotopic (exact) mass is 452 g/mol. The molecule has 0 aliphatic heterocycles. The maximum absolute atomic E-state index is 12.5. The third kappa shape index (κ3) is 5.70. The molecule has 0 aliphatic rings. The molecular formula is C24H28N4O3S. The Hall–Kier alpha value is -3.26. The maximum Gasteiger partial charge on any atom is 0.234 e. The van der Waals surface area contributed by atoms with Crippen LogP contribution >= 0.6 is 11.8 Å². The maximum atomic E-state index is 12.5. The normalized spacial score (nSPS) is 10.6. The molecule has 0 saturated carbocycles. The number of benzene rings is 2. The summed E-state index contributed by atoms with van der Waals surface area (Å²) >= 11 is 1.31. The minimum Gasteiger partial charge on any atom is -0.495 e. The first kappa shape index (κ1) is 23.4. The number of carbonyl (C=O) groups excluding carboxylic acids is 1. The average molecular weight is 453 g/mol. The highest BCUT2D eigenvalue weighted by molar-refractivity contribution is 7.99. The van der Waals surface area contributed by atoms with Crippen molar-refractivity contribution in [1.82, 2.24) is 14.8 Å². The zero-order valence-corrected chi connectivity index (χ0v) is 19.7. The molecule has 0 aliphatic carbocycles. The number of hydrogen-bond donors (Lipinski definition) is 1. The molecule has 0 radical (unpaired) electrons. The number of methoxy groups -OCH3 is 1. The smallest absolute Gasteiger partial charge is 0.234 e. The number of hydrogen-bond acceptors (Lipinski definition) is 6. The molecule has 0 spiro atoms. The molecule has 7 nitrogen and oxygen atoms in total. The Kier molecular flexibility index (Phi) is 7.94. The fourth-order valence-corrected chi connectivity index (χ4v) is 3.87. The lowest BCUT2D eigenvalue weighted by Gasteiger charge is -2.12. The quantitative estimate of drug-likeness (QED) is 0.355. The van der Waals surface area contributed by atoms with Gasteiger partial charge >= 0.3 is 0 Å². The van der Waals surface area contributed by atoms with E-state index in [-0.39, 0.29) is 18.3 Å². The van der Waals surface area contributed by atoms with Crippen LogP contribution in [-0.2, 0) is 17.9 Å². The average Bonchev–Trinajstić information content (AvgIpc) is 3.15. The van der Waals surface area contributed by atoms with Crippen LogP contribution in [0.4, 0.5) is 5.69 Å². The van der Waals surface area contributed by atoms with Crippen molar-refractivity contribution in [2.75, 3.05) is 18.2 Å². The van der Waals surface area contributed by atoms with Crippen LogP contribution in [-0.4, -0.2) is 33.5 Å². The van der Waals surface area contributed by atoms with E-state index in [9.17, 15) is 4.79 Å². The Bertz CT molecular complexity index is 1110. The summed E-state index contributed by atoms with van der Waals surface area (Å²) in [5.74, 6) is 2.15. The molecule has 8 heteroatoms. The van der Waals surface area contributed by atoms with Gasteiger partial charge in [0.25, 0.3) is 0 Å². The lowest BCUT2D eigenvalue weighted by Crippen LogP contribution is -2.15. The summed E-state index contributed by atoms with van der Waals surface area (Å²) in [6.07, 6.45) is 1.77. The number of nitrogens with one attached hydrogen (secondary N) is 1. The predicted molar refractivity (Wildman–Crippen MR) is 128 cm³/mol. The van der Waals surface area contributed by atoms with E-state index in [1.165, 1.54) is 17.3 Å². The molecular weight excluding hydrogens is 424 g/mol. The topological polar surface area (TPSA) is 78.3 Å². The summed E-state index contributed by atoms with van der Waals surface area (Å²) in [5.41, 5.74) is 3.95. The van der Waals surface area contributed by atoms with Crippen LogP contribution in [0.1, 0.15) is 22.5 Å². The van der Waals surface area contributed by atoms with Crippen molar-refractivity contribution in [2.45, 2.75) is 39.1 Å². The number of anilines is 1. The molecule has 3 rings (SSSR count). The van der Waals surface area contributed by atoms with E-state index >= 15 is 0 Å². The second-order valence-corrected chi connectivity index (χ2v) is 8.27. The number of aromatic nitrogens is 3. The highest BCUT2D eigenvalue weighted by atomic mass is 32.2. The van der Waals surface area contributed by atoms with E-state index in [2.05, 4.69) is 35.1 Å². The number of nitrogens with zero attached hydrogens (tertiary/aromatic N) is 3. The van der Waals surface area contributed by atoms with Gasteiger partial charge in [0.1, 0.15) is 18.1 Å². The minimum atomic E-state index is -0.153. The summed E-state index contributed by atoms with van der Waals surface area (Å²) in [6.45, 7) is 10.7. The van der Waals surface area contributed by atoms with Crippen molar-refractivity contribution < 1.29 is 14.3 Å². The zero-order valence-electron chi connectivity index (χ0n) is 18.8. The summed E-state index contributed by atoms with van der Waals surface area (Å²) in [4.78, 5) is 12.5. The van der Waals surface area contributed by atoms with E-state index in [0.29, 0.717) is 29.0 Å². The van der Waals surface area contributed by atoms with Crippen LogP contribution in [0.25, 0.3) is 0 Å². The van der Waals surface area contributed by atoms with Crippen molar-refractivity contribution in [2.24, 2.45) is 0 Å². The van der Waals surface area contributed by atoms with Gasteiger partial charge in [-0.25, -0.2) is 0 Å². The van der Waals surface area contributed by atoms with E-state index in [1.807, 2.05) is 48.7 Å². The first-order valence-corrected chi connectivity index (χ1v) is 11.2. The van der Waals surface area contributed by atoms with Gasteiger partial charge in [-0.2, -0.15) is 0 Å². The fraction of sp³-hybridized carbons (Fsp3) is 0.292. The summed E-state index contributed by atoms with van der Waals surface area (Å²) in [5, 5.41) is 12.1. The molecule has 0 atom stereocenters. The lowest BCUT2D eigenvalue weighted by atomic mass is 10.1. The molecule has 0 bridgehead atoms. The van der Waals surface area contributed by atoms with Gasteiger partial charge in [0.2, 0.25) is 5.91 Å². The first-order chi connectivity index (χ1) is 15.4. The van der Waals surface area contributed by atoms with Gasteiger partial charge in [-0.05, 0) is 55.7 Å². The van der Waals surface area contributed by atoms with Crippen molar-refractivity contribution in [3.05, 3.63) is 71.6 Å². The molecule has 0 fully saturated rings. The van der Waals surface area contributed by atoms with Gasteiger partial charge in [0.15, 0.2) is 11.0 Å². The predicted octanol–water partition coefficient (Wildman–Crippen LogP) is 4.71. The fourth-order valence-electron chi connectivity index (χ4n) is 3.10. The number of amides is 1. The molecule has 1 amide bonds. The number of rotatable bonds is 10. The van der Waals surface area contributed by atoms with Crippen LogP contribution in [0.5, 0.6) is 11.5 Å². The van der Waals surface area contributed by atoms with E-state index < -0.39 is 0 Å². The summed E-state index contributed by atoms with van der Waals surface area (Å²) in [7, 11) is 1.58. The third-order valence-electron chi connectivity index (χ3n) is 4.98. The molecule has 0 unspecified atom stereocenters. The molecule has 0 saturated heterocycles. The molecule has 32 heavy (non-hydrogen) atoms. The highest BCUT2D eigenvalue weighted by Crippen LogP contribution is 2.26. The van der Waals surface area contributed by atoms with Crippen molar-refractivity contribution in [3.8, 4) is 11.5 Å². The van der Waals surface area contributed by atoms with Gasteiger partial charge in [-0.3, -0.25) is 9.36 Å². The van der Waals surface area contributed by atoms with E-state index in [4.69, 9.17) is 9.47 Å². The van der Waals surface area contributed by atoms with Gasteiger partial charge in [-0.15, -0.1) is 16.8 Å². The minimum absolute atomic E-state index is 0.153. The Labute approximate surface area is 192 Å². The Morgan fingerprint density at radius 3 is 2.75 bits per heavy atom.